The normalized spacial score (nSPS) is 14.0. The van der Waals surface area contributed by atoms with Gasteiger partial charge in [0.05, 0.1) is 5.02 Å². The summed E-state index contributed by atoms with van der Waals surface area (Å²) in [5, 5.41) is 0.396. The van der Waals surface area contributed by atoms with Crippen LogP contribution in [0.15, 0.2) is 18.2 Å². The van der Waals surface area contributed by atoms with E-state index in [1.165, 1.54) is 0 Å². The van der Waals surface area contributed by atoms with Gasteiger partial charge >= 0.3 is 0 Å². The third-order valence-corrected chi connectivity index (χ3v) is 3.59. The lowest BCUT2D eigenvalue weighted by atomic mass is 10.2. The van der Waals surface area contributed by atoms with Gasteiger partial charge in [-0.2, -0.15) is 0 Å². The van der Waals surface area contributed by atoms with Gasteiger partial charge < -0.3 is 15.4 Å². The Balaban J connectivity index is 1.95. The van der Waals surface area contributed by atoms with Crippen molar-refractivity contribution in [3.63, 3.8) is 0 Å². The number of carbonyl (C=O) groups excluding carboxylic acids is 1. The van der Waals surface area contributed by atoms with Crippen LogP contribution in [0.25, 0.3) is 0 Å². The number of hydrogen-bond donors (Lipinski definition) is 1. The highest BCUT2D eigenvalue weighted by Gasteiger charge is 2.29. The highest BCUT2D eigenvalue weighted by atomic mass is 35.5. The van der Waals surface area contributed by atoms with Crippen LogP contribution in [0.4, 0.5) is 0 Å². The van der Waals surface area contributed by atoms with Crippen LogP contribution in [0.5, 0.6) is 5.75 Å². The van der Waals surface area contributed by atoms with E-state index in [4.69, 9.17) is 34.3 Å². The Kier molecular flexibility index (Phi) is 4.27. The highest BCUT2D eigenvalue weighted by Crippen LogP contribution is 2.27. The molecule has 0 unspecified atom stereocenters. The first-order valence-corrected chi connectivity index (χ1v) is 6.75. The number of likely N-dealkylation sites (N-methyl/N-ethyl adjacent to an activating group) is 1. The van der Waals surface area contributed by atoms with Crippen LogP contribution < -0.4 is 10.5 Å². The number of halogens is 1. The molecule has 0 heterocycles. The first-order chi connectivity index (χ1) is 8.99. The average Bonchev–Trinajstić information content (AvgIpc) is 3.20. The minimum Gasteiger partial charge on any atom is -0.482 e. The van der Waals surface area contributed by atoms with Gasteiger partial charge in [0.1, 0.15) is 10.7 Å². The second kappa shape index (κ2) is 5.75. The molecule has 0 spiro atoms. The van der Waals surface area contributed by atoms with Crippen molar-refractivity contribution in [2.45, 2.75) is 18.9 Å². The summed E-state index contributed by atoms with van der Waals surface area (Å²) in [7, 11) is 1.79. The molecule has 19 heavy (non-hydrogen) atoms. The fraction of sp³-hybridized carbons (Fsp3) is 0.385. The van der Waals surface area contributed by atoms with Crippen LogP contribution in [-0.4, -0.2) is 35.5 Å². The molecule has 1 saturated carbocycles. The largest absolute Gasteiger partial charge is 0.482 e. The van der Waals surface area contributed by atoms with Crippen LogP contribution in [-0.2, 0) is 4.79 Å². The van der Waals surface area contributed by atoms with Gasteiger partial charge in [-0.05, 0) is 31.0 Å². The molecule has 0 bridgehead atoms. The van der Waals surface area contributed by atoms with Gasteiger partial charge in [0.2, 0.25) is 0 Å². The molecule has 2 rings (SSSR count). The Bertz CT molecular complexity index is 517. The van der Waals surface area contributed by atoms with Gasteiger partial charge in [-0.3, -0.25) is 4.79 Å². The summed E-state index contributed by atoms with van der Waals surface area (Å²) in [6.45, 7) is -0.0147. The van der Waals surface area contributed by atoms with Crippen molar-refractivity contribution < 1.29 is 9.53 Å². The van der Waals surface area contributed by atoms with Crippen molar-refractivity contribution >= 4 is 34.7 Å². The summed E-state index contributed by atoms with van der Waals surface area (Å²) < 4.78 is 5.43. The Hall–Kier alpha value is -1.33. The van der Waals surface area contributed by atoms with Crippen molar-refractivity contribution in [2.24, 2.45) is 5.73 Å². The summed E-state index contributed by atoms with van der Waals surface area (Å²) in [5.41, 5.74) is 6.18. The first kappa shape index (κ1) is 14.1. The number of benzene rings is 1. The quantitative estimate of drug-likeness (QED) is 0.845. The third-order valence-electron chi connectivity index (χ3n) is 3.06. The van der Waals surface area contributed by atoms with Crippen molar-refractivity contribution in [1.82, 2.24) is 4.90 Å². The van der Waals surface area contributed by atoms with Crippen molar-refractivity contribution in [3.8, 4) is 5.75 Å². The fourth-order valence-corrected chi connectivity index (χ4v) is 2.04. The second-order valence-electron chi connectivity index (χ2n) is 4.53. The molecule has 6 heteroatoms. The molecule has 0 aromatic heterocycles. The van der Waals surface area contributed by atoms with E-state index in [1.54, 1.807) is 30.1 Å². The van der Waals surface area contributed by atoms with Crippen LogP contribution in [0.3, 0.4) is 0 Å². The van der Waals surface area contributed by atoms with Crippen LogP contribution in [0.2, 0.25) is 5.02 Å². The fourth-order valence-electron chi connectivity index (χ4n) is 1.68. The van der Waals surface area contributed by atoms with Crippen LogP contribution >= 0.6 is 23.8 Å². The lowest BCUT2D eigenvalue weighted by Gasteiger charge is -2.17. The zero-order valence-electron chi connectivity index (χ0n) is 10.6. The summed E-state index contributed by atoms with van der Waals surface area (Å²) in [5.74, 6) is 0.413. The lowest BCUT2D eigenvalue weighted by molar-refractivity contribution is -0.132. The van der Waals surface area contributed by atoms with Gasteiger partial charge in [0.25, 0.3) is 5.91 Å². The standard InChI is InChI=1S/C13H15ClN2O2S/c1-16(9-3-4-9)12(17)7-18-11-5-2-8(13(15)19)6-10(11)14/h2,5-6,9H,3-4,7H2,1H3,(H2,15,19). The van der Waals surface area contributed by atoms with Gasteiger partial charge in [0, 0.05) is 18.7 Å². The molecule has 0 atom stereocenters. The van der Waals surface area contributed by atoms with Crippen molar-refractivity contribution in [2.75, 3.05) is 13.7 Å². The number of nitrogens with two attached hydrogens (primary N) is 1. The van der Waals surface area contributed by atoms with E-state index in [0.717, 1.165) is 12.8 Å². The topological polar surface area (TPSA) is 55.6 Å². The number of rotatable bonds is 5. The first-order valence-electron chi connectivity index (χ1n) is 5.97. The van der Waals surface area contributed by atoms with Crippen LogP contribution in [0.1, 0.15) is 18.4 Å². The lowest BCUT2D eigenvalue weighted by Crippen LogP contribution is -2.33. The molecule has 0 radical (unpaired) electrons. The van der Waals surface area contributed by atoms with E-state index in [2.05, 4.69) is 0 Å². The third kappa shape index (κ3) is 3.58. The Morgan fingerprint density at radius 2 is 2.26 bits per heavy atom. The molecule has 1 aliphatic rings. The smallest absolute Gasteiger partial charge is 0.260 e. The van der Waals surface area contributed by atoms with Gasteiger partial charge in [-0.15, -0.1) is 0 Å². The van der Waals surface area contributed by atoms with E-state index in [1.807, 2.05) is 0 Å². The predicted molar refractivity (Wildman–Crippen MR) is 78.6 cm³/mol. The zero-order chi connectivity index (χ0) is 14.0. The number of amides is 1. The maximum Gasteiger partial charge on any atom is 0.260 e. The maximum atomic E-state index is 11.8. The molecular weight excluding hydrogens is 284 g/mol. The molecule has 1 aromatic carbocycles. The highest BCUT2D eigenvalue weighted by molar-refractivity contribution is 7.80. The van der Waals surface area contributed by atoms with Gasteiger partial charge in [-0.25, -0.2) is 0 Å². The molecule has 0 saturated heterocycles. The average molecular weight is 299 g/mol. The van der Waals surface area contributed by atoms with E-state index in [0.29, 0.717) is 22.4 Å². The molecule has 1 amide bonds. The van der Waals surface area contributed by atoms with E-state index in [-0.39, 0.29) is 17.5 Å². The second-order valence-corrected chi connectivity index (χ2v) is 5.38. The Morgan fingerprint density at radius 3 is 2.79 bits per heavy atom. The van der Waals surface area contributed by atoms with E-state index >= 15 is 0 Å². The van der Waals surface area contributed by atoms with Crippen molar-refractivity contribution in [1.29, 1.82) is 0 Å². The number of nitrogens with zero attached hydrogens (tertiary/aromatic N) is 1. The Morgan fingerprint density at radius 1 is 1.58 bits per heavy atom. The maximum absolute atomic E-state index is 11.8. The zero-order valence-corrected chi connectivity index (χ0v) is 12.1. The Labute approximate surface area is 122 Å². The monoisotopic (exact) mass is 298 g/mol. The number of thiocarbonyl (C=S) groups is 1. The van der Waals surface area contributed by atoms with E-state index in [9.17, 15) is 4.79 Å². The molecule has 1 fully saturated rings. The molecule has 2 N–H and O–H groups in total. The number of ether oxygens (including phenoxy) is 1. The number of carbonyl (C=O) groups is 1. The molecule has 1 aromatic rings. The molecular formula is C13H15ClN2O2S. The summed E-state index contributed by atoms with van der Waals surface area (Å²) >= 11 is 10.9. The molecule has 102 valence electrons. The van der Waals surface area contributed by atoms with Crippen molar-refractivity contribution in [3.05, 3.63) is 28.8 Å². The van der Waals surface area contributed by atoms with Gasteiger partial charge in [0.15, 0.2) is 6.61 Å². The molecule has 1 aliphatic carbocycles. The summed E-state index contributed by atoms with van der Waals surface area (Å²) in [4.78, 5) is 13.8. The molecule has 4 nitrogen and oxygen atoms in total. The summed E-state index contributed by atoms with van der Waals surface area (Å²) in [6, 6.07) is 5.40. The van der Waals surface area contributed by atoms with Gasteiger partial charge in [-0.1, -0.05) is 23.8 Å². The minimum atomic E-state index is -0.0445. The predicted octanol–water partition coefficient (Wildman–Crippen LogP) is 1.97. The summed E-state index contributed by atoms with van der Waals surface area (Å²) in [6.07, 6.45) is 2.15. The van der Waals surface area contributed by atoms with Crippen LogP contribution in [0, 0.1) is 0 Å². The number of hydrogen-bond acceptors (Lipinski definition) is 3. The van der Waals surface area contributed by atoms with E-state index < -0.39 is 0 Å². The molecule has 0 aliphatic heterocycles. The SMILES string of the molecule is CN(C(=O)COc1ccc(C(N)=S)cc1Cl)C1CC1. The minimum absolute atomic E-state index is 0.0147.